The van der Waals surface area contributed by atoms with Crippen molar-refractivity contribution in [1.82, 2.24) is 0 Å². The summed E-state index contributed by atoms with van der Waals surface area (Å²) in [6.45, 7) is 5.87. The molecule has 0 bridgehead atoms. The third-order valence-corrected chi connectivity index (χ3v) is 3.09. The Morgan fingerprint density at radius 1 is 1.67 bits per heavy atom. The number of hydrogen-bond donors (Lipinski definition) is 0. The van der Waals surface area contributed by atoms with Crippen LogP contribution >= 0.6 is 0 Å². The van der Waals surface area contributed by atoms with Crippen LogP contribution in [-0.4, -0.2) is 6.72 Å². The van der Waals surface area contributed by atoms with Gasteiger partial charge in [-0.2, -0.15) is 0 Å². The lowest BCUT2D eigenvalue weighted by Gasteiger charge is -2.37. The minimum atomic E-state index is 0.640. The Morgan fingerprint density at radius 3 is 3.17 bits per heavy atom. The zero-order valence-electron chi connectivity index (χ0n) is 7.59. The molecule has 12 heavy (non-hydrogen) atoms. The van der Waals surface area contributed by atoms with Crippen molar-refractivity contribution in [2.24, 2.45) is 16.8 Å². The van der Waals surface area contributed by atoms with Crippen LogP contribution in [0, 0.1) is 11.8 Å². The van der Waals surface area contributed by atoms with Gasteiger partial charge in [-0.05, 0) is 37.1 Å². The Kier molecular flexibility index (Phi) is 1.87. The van der Waals surface area contributed by atoms with Crippen molar-refractivity contribution < 1.29 is 0 Å². The molecule has 0 radical (unpaired) electrons. The number of nitrogens with zero attached hydrogens (tertiary/aromatic N) is 1. The van der Waals surface area contributed by atoms with Gasteiger partial charge >= 0.3 is 0 Å². The van der Waals surface area contributed by atoms with Crippen LogP contribution in [0.25, 0.3) is 0 Å². The first-order valence-electron chi connectivity index (χ1n) is 4.75. The summed E-state index contributed by atoms with van der Waals surface area (Å²) in [5, 5.41) is 0. The average molecular weight is 161 g/mol. The van der Waals surface area contributed by atoms with E-state index in [0.29, 0.717) is 5.92 Å². The molecule has 0 amide bonds. The molecule has 0 saturated carbocycles. The Morgan fingerprint density at radius 2 is 2.50 bits per heavy atom. The monoisotopic (exact) mass is 161 g/mol. The van der Waals surface area contributed by atoms with Gasteiger partial charge in [-0.1, -0.05) is 19.4 Å². The number of hydrogen-bond acceptors (Lipinski definition) is 1. The third kappa shape index (κ3) is 0.961. The molecule has 64 valence electrons. The van der Waals surface area contributed by atoms with Gasteiger partial charge in [0.2, 0.25) is 0 Å². The summed E-state index contributed by atoms with van der Waals surface area (Å²) < 4.78 is 0. The van der Waals surface area contributed by atoms with Crippen LogP contribution in [0.15, 0.2) is 28.4 Å². The maximum Gasteiger partial charge on any atom is 0.0476 e. The van der Waals surface area contributed by atoms with Crippen molar-refractivity contribution in [3.05, 3.63) is 23.4 Å². The Bertz CT molecular complexity index is 260. The lowest BCUT2D eigenvalue weighted by atomic mass is 9.69. The molecule has 1 nitrogen and oxygen atoms in total. The van der Waals surface area contributed by atoms with Crippen molar-refractivity contribution in [2.45, 2.75) is 26.2 Å². The molecule has 0 aromatic rings. The Hall–Kier alpha value is -0.850. The molecule has 0 spiro atoms. The van der Waals surface area contributed by atoms with Gasteiger partial charge in [-0.15, -0.1) is 0 Å². The first-order valence-corrected chi connectivity index (χ1v) is 4.75. The van der Waals surface area contributed by atoms with Crippen LogP contribution in [0.4, 0.5) is 0 Å². The van der Waals surface area contributed by atoms with Crippen molar-refractivity contribution in [3.63, 3.8) is 0 Å². The number of allylic oxidation sites excluding steroid dienone is 3. The molecule has 0 fully saturated rings. The number of rotatable bonds is 2. The van der Waals surface area contributed by atoms with E-state index < -0.39 is 0 Å². The summed E-state index contributed by atoms with van der Waals surface area (Å²) >= 11 is 0. The molecule has 1 unspecified atom stereocenters. The largest absolute Gasteiger partial charge is 0.268 e. The van der Waals surface area contributed by atoms with Crippen LogP contribution in [0.3, 0.4) is 0 Å². The molecular weight excluding hydrogens is 146 g/mol. The van der Waals surface area contributed by atoms with E-state index >= 15 is 0 Å². The van der Waals surface area contributed by atoms with E-state index in [1.807, 2.05) is 0 Å². The fourth-order valence-electron chi connectivity index (χ4n) is 2.34. The SMILES string of the molecule is C=NC1=CC2=CCCC(CC)[C@H]21. The van der Waals surface area contributed by atoms with E-state index in [2.05, 4.69) is 30.8 Å². The highest BCUT2D eigenvalue weighted by molar-refractivity contribution is 5.47. The van der Waals surface area contributed by atoms with Gasteiger partial charge in [0.05, 0.1) is 0 Å². The lowest BCUT2D eigenvalue weighted by molar-refractivity contribution is 0.352. The minimum Gasteiger partial charge on any atom is -0.268 e. The molecule has 0 heterocycles. The maximum atomic E-state index is 4.05. The third-order valence-electron chi connectivity index (χ3n) is 3.09. The Labute approximate surface area is 73.9 Å². The highest BCUT2D eigenvalue weighted by Crippen LogP contribution is 2.45. The van der Waals surface area contributed by atoms with E-state index in [1.54, 1.807) is 0 Å². The molecule has 0 saturated heterocycles. The zero-order chi connectivity index (χ0) is 8.55. The number of aliphatic imine (C=N–C) groups is 1. The van der Waals surface area contributed by atoms with E-state index in [0.717, 1.165) is 5.92 Å². The average Bonchev–Trinajstić information content (AvgIpc) is 2.07. The normalized spacial score (nSPS) is 32.8. The standard InChI is InChI=1S/C11H15N/c1-3-8-5-4-6-9-7-10(12-2)11(8)9/h6-8,11H,2-5H2,1H3/t8?,11-/m1/s1. The summed E-state index contributed by atoms with van der Waals surface area (Å²) in [5.41, 5.74) is 2.73. The van der Waals surface area contributed by atoms with Gasteiger partial charge in [0.1, 0.15) is 0 Å². The molecule has 1 heteroatoms. The maximum absolute atomic E-state index is 4.05. The molecule has 0 N–H and O–H groups in total. The molecule has 0 aliphatic heterocycles. The number of fused-ring (bicyclic) bond motifs is 1. The quantitative estimate of drug-likeness (QED) is 0.552. The fourth-order valence-corrected chi connectivity index (χ4v) is 2.34. The van der Waals surface area contributed by atoms with Gasteiger partial charge in [0.15, 0.2) is 0 Å². The second kappa shape index (κ2) is 2.89. The van der Waals surface area contributed by atoms with Crippen molar-refractivity contribution in [1.29, 1.82) is 0 Å². The van der Waals surface area contributed by atoms with Crippen molar-refractivity contribution in [3.8, 4) is 0 Å². The zero-order valence-corrected chi connectivity index (χ0v) is 7.59. The molecule has 2 aliphatic carbocycles. The van der Waals surface area contributed by atoms with E-state index in [-0.39, 0.29) is 0 Å². The second-order valence-corrected chi connectivity index (χ2v) is 3.65. The van der Waals surface area contributed by atoms with Crippen LogP contribution in [0.1, 0.15) is 26.2 Å². The molecule has 2 rings (SSSR count). The van der Waals surface area contributed by atoms with E-state index in [9.17, 15) is 0 Å². The minimum absolute atomic E-state index is 0.640. The van der Waals surface area contributed by atoms with Gasteiger partial charge in [-0.3, -0.25) is 4.99 Å². The Balaban J connectivity index is 2.23. The lowest BCUT2D eigenvalue weighted by Crippen LogP contribution is -2.26. The predicted molar refractivity (Wildman–Crippen MR) is 52.2 cm³/mol. The summed E-state index contributed by atoms with van der Waals surface area (Å²) in [6, 6.07) is 0. The van der Waals surface area contributed by atoms with Crippen LogP contribution < -0.4 is 0 Å². The smallest absolute Gasteiger partial charge is 0.0476 e. The van der Waals surface area contributed by atoms with Gasteiger partial charge < -0.3 is 0 Å². The highest BCUT2D eigenvalue weighted by atomic mass is 14.8. The van der Waals surface area contributed by atoms with Gasteiger partial charge in [-0.25, -0.2) is 0 Å². The summed E-state index contributed by atoms with van der Waals surface area (Å²) in [7, 11) is 0. The molecule has 0 aromatic heterocycles. The highest BCUT2D eigenvalue weighted by Gasteiger charge is 2.34. The molecular formula is C11H15N. The van der Waals surface area contributed by atoms with Crippen LogP contribution in [0.5, 0.6) is 0 Å². The first-order chi connectivity index (χ1) is 5.86. The fraction of sp³-hybridized carbons (Fsp3) is 0.545. The van der Waals surface area contributed by atoms with Gasteiger partial charge in [0, 0.05) is 11.6 Å². The molecule has 2 aliphatic rings. The first kappa shape index (κ1) is 7.78. The van der Waals surface area contributed by atoms with E-state index in [1.165, 1.54) is 30.5 Å². The van der Waals surface area contributed by atoms with Crippen LogP contribution in [0.2, 0.25) is 0 Å². The van der Waals surface area contributed by atoms with Crippen molar-refractivity contribution >= 4 is 6.72 Å². The summed E-state index contributed by atoms with van der Waals surface area (Å²) in [5.74, 6) is 1.47. The molecule has 2 atom stereocenters. The summed E-state index contributed by atoms with van der Waals surface area (Å²) in [6.07, 6.45) is 8.39. The van der Waals surface area contributed by atoms with E-state index in [4.69, 9.17) is 0 Å². The summed E-state index contributed by atoms with van der Waals surface area (Å²) in [4.78, 5) is 4.05. The van der Waals surface area contributed by atoms with Crippen molar-refractivity contribution in [2.75, 3.05) is 0 Å². The van der Waals surface area contributed by atoms with Gasteiger partial charge in [0.25, 0.3) is 0 Å². The molecule has 0 aromatic carbocycles. The topological polar surface area (TPSA) is 12.4 Å². The second-order valence-electron chi connectivity index (χ2n) is 3.65. The van der Waals surface area contributed by atoms with Crippen LogP contribution in [-0.2, 0) is 0 Å². The predicted octanol–water partition coefficient (Wildman–Crippen LogP) is 2.95.